The fourth-order valence-corrected chi connectivity index (χ4v) is 1.72. The van der Waals surface area contributed by atoms with E-state index in [4.69, 9.17) is 10.6 Å². The van der Waals surface area contributed by atoms with Crippen LogP contribution in [0.5, 0.6) is 0 Å². The van der Waals surface area contributed by atoms with Gasteiger partial charge in [-0.3, -0.25) is 10.4 Å². The summed E-state index contributed by atoms with van der Waals surface area (Å²) in [7, 11) is 1.66. The van der Waals surface area contributed by atoms with E-state index in [0.29, 0.717) is 19.1 Å². The summed E-state index contributed by atoms with van der Waals surface area (Å²) in [6, 6.07) is 5.90. The number of hydrogen-bond acceptors (Lipinski definition) is 4. The lowest BCUT2D eigenvalue weighted by atomic mass is 10.3. The minimum atomic E-state index is 0.0498. The maximum absolute atomic E-state index is 5.56. The van der Waals surface area contributed by atoms with Crippen molar-refractivity contribution in [2.24, 2.45) is 10.8 Å². The van der Waals surface area contributed by atoms with Crippen LogP contribution in [-0.4, -0.2) is 42.1 Å². The first kappa shape index (κ1) is 15.4. The molecule has 1 unspecified atom stereocenters. The molecule has 6 nitrogen and oxygen atoms in total. The number of guanidine groups is 1. The lowest BCUT2D eigenvalue weighted by Crippen LogP contribution is -2.45. The van der Waals surface area contributed by atoms with Crippen LogP contribution in [0.25, 0.3) is 0 Å². The van der Waals surface area contributed by atoms with Crippen molar-refractivity contribution in [1.82, 2.24) is 15.3 Å². The summed E-state index contributed by atoms with van der Waals surface area (Å²) in [6.45, 7) is 6.05. The highest BCUT2D eigenvalue weighted by molar-refractivity contribution is 5.79. The van der Waals surface area contributed by atoms with E-state index in [9.17, 15) is 0 Å². The Balaban J connectivity index is 2.75. The standard InChI is InChI=1S/C13H23N5O/c1-4-18(9-12-7-5-6-8-15-12)13(17-14)16-11(2)10-19-3/h5-8,11H,4,9-10,14H2,1-3H3,(H,16,17). The number of pyridine rings is 1. The quantitative estimate of drug-likeness (QED) is 0.344. The van der Waals surface area contributed by atoms with Crippen molar-refractivity contribution in [3.63, 3.8) is 0 Å². The first-order valence-corrected chi connectivity index (χ1v) is 6.39. The normalized spacial score (nSPS) is 13.2. The first-order valence-electron chi connectivity index (χ1n) is 6.39. The molecule has 0 radical (unpaired) electrons. The summed E-state index contributed by atoms with van der Waals surface area (Å²) >= 11 is 0. The Bertz CT molecular complexity index is 382. The van der Waals surface area contributed by atoms with Crippen LogP contribution >= 0.6 is 0 Å². The van der Waals surface area contributed by atoms with Gasteiger partial charge in [0.2, 0.25) is 5.96 Å². The van der Waals surface area contributed by atoms with Gasteiger partial charge in [-0.25, -0.2) is 10.8 Å². The molecule has 0 aliphatic rings. The second-order valence-electron chi connectivity index (χ2n) is 4.24. The monoisotopic (exact) mass is 265 g/mol. The number of nitrogens with zero attached hydrogens (tertiary/aromatic N) is 3. The largest absolute Gasteiger partial charge is 0.382 e. The number of ether oxygens (including phenoxy) is 1. The van der Waals surface area contributed by atoms with Gasteiger partial charge in [0.15, 0.2) is 0 Å². The van der Waals surface area contributed by atoms with E-state index in [2.05, 4.69) is 22.3 Å². The average Bonchev–Trinajstić information content (AvgIpc) is 2.44. The van der Waals surface area contributed by atoms with Crippen LogP contribution in [-0.2, 0) is 11.3 Å². The van der Waals surface area contributed by atoms with Crippen molar-refractivity contribution in [1.29, 1.82) is 0 Å². The van der Waals surface area contributed by atoms with Crippen molar-refractivity contribution < 1.29 is 4.74 Å². The highest BCUT2D eigenvalue weighted by Gasteiger charge is 2.11. The molecule has 0 spiro atoms. The number of rotatable bonds is 6. The van der Waals surface area contributed by atoms with Gasteiger partial charge in [0.1, 0.15) is 0 Å². The van der Waals surface area contributed by atoms with E-state index in [-0.39, 0.29) is 6.04 Å². The topological polar surface area (TPSA) is 75.8 Å². The van der Waals surface area contributed by atoms with Crippen LogP contribution < -0.4 is 11.3 Å². The van der Waals surface area contributed by atoms with Gasteiger partial charge < -0.3 is 9.64 Å². The zero-order valence-corrected chi connectivity index (χ0v) is 11.8. The van der Waals surface area contributed by atoms with Crippen molar-refractivity contribution in [2.75, 3.05) is 20.3 Å². The minimum absolute atomic E-state index is 0.0498. The molecule has 0 fully saturated rings. The zero-order chi connectivity index (χ0) is 14.1. The van der Waals surface area contributed by atoms with Crippen LogP contribution in [0.15, 0.2) is 29.4 Å². The average molecular weight is 265 g/mol. The molecule has 6 heteroatoms. The maximum atomic E-state index is 5.56. The molecule has 0 aliphatic carbocycles. The van der Waals surface area contributed by atoms with Gasteiger partial charge in [0.05, 0.1) is 24.9 Å². The molecule has 106 valence electrons. The smallest absolute Gasteiger partial charge is 0.209 e. The Morgan fingerprint density at radius 3 is 2.89 bits per heavy atom. The molecule has 0 amide bonds. The van der Waals surface area contributed by atoms with Crippen LogP contribution in [0.4, 0.5) is 0 Å². The summed E-state index contributed by atoms with van der Waals surface area (Å²) in [4.78, 5) is 10.9. The fraction of sp³-hybridized carbons (Fsp3) is 0.538. The third-order valence-corrected chi connectivity index (χ3v) is 2.64. The van der Waals surface area contributed by atoms with Gasteiger partial charge in [-0.1, -0.05) is 6.07 Å². The Kier molecular flexibility index (Phi) is 6.84. The zero-order valence-electron chi connectivity index (χ0n) is 11.8. The molecule has 1 heterocycles. The van der Waals surface area contributed by atoms with E-state index in [1.54, 1.807) is 13.3 Å². The highest BCUT2D eigenvalue weighted by Crippen LogP contribution is 2.02. The third-order valence-electron chi connectivity index (χ3n) is 2.64. The molecule has 3 N–H and O–H groups in total. The van der Waals surface area contributed by atoms with Crippen LogP contribution in [0.3, 0.4) is 0 Å². The molecule has 19 heavy (non-hydrogen) atoms. The Morgan fingerprint density at radius 1 is 1.58 bits per heavy atom. The van der Waals surface area contributed by atoms with Crippen molar-refractivity contribution in [3.05, 3.63) is 30.1 Å². The van der Waals surface area contributed by atoms with Crippen LogP contribution in [0.1, 0.15) is 19.5 Å². The Hall–Kier alpha value is -1.66. The summed E-state index contributed by atoms with van der Waals surface area (Å²) in [6.07, 6.45) is 1.78. The molecule has 0 bridgehead atoms. The predicted octanol–water partition coefficient (Wildman–Crippen LogP) is 0.758. The molecule has 0 aliphatic heterocycles. The second kappa shape index (κ2) is 8.44. The number of hydrogen-bond donors (Lipinski definition) is 2. The van der Waals surface area contributed by atoms with E-state index < -0.39 is 0 Å². The maximum Gasteiger partial charge on any atom is 0.209 e. The van der Waals surface area contributed by atoms with E-state index in [1.165, 1.54) is 0 Å². The fourth-order valence-electron chi connectivity index (χ4n) is 1.72. The lowest BCUT2D eigenvalue weighted by Gasteiger charge is -2.24. The lowest BCUT2D eigenvalue weighted by molar-refractivity contribution is 0.185. The highest BCUT2D eigenvalue weighted by atomic mass is 16.5. The molecule has 0 saturated carbocycles. The second-order valence-corrected chi connectivity index (χ2v) is 4.24. The molecule has 1 rings (SSSR count). The molecule has 0 aromatic carbocycles. The number of nitrogens with two attached hydrogens (primary N) is 1. The Labute approximate surface area is 114 Å². The summed E-state index contributed by atoms with van der Waals surface area (Å²) in [5.41, 5.74) is 3.63. The Morgan fingerprint density at radius 2 is 2.37 bits per heavy atom. The molecule has 1 atom stereocenters. The predicted molar refractivity (Wildman–Crippen MR) is 76.4 cm³/mol. The number of nitrogens with one attached hydrogen (secondary N) is 1. The van der Waals surface area contributed by atoms with Crippen molar-refractivity contribution in [3.8, 4) is 0 Å². The van der Waals surface area contributed by atoms with Gasteiger partial charge in [-0.15, -0.1) is 0 Å². The van der Waals surface area contributed by atoms with Gasteiger partial charge >= 0.3 is 0 Å². The third kappa shape index (κ3) is 5.23. The van der Waals surface area contributed by atoms with Gasteiger partial charge in [-0.05, 0) is 26.0 Å². The van der Waals surface area contributed by atoms with E-state index >= 15 is 0 Å². The van der Waals surface area contributed by atoms with Crippen molar-refractivity contribution in [2.45, 2.75) is 26.4 Å². The van der Waals surface area contributed by atoms with Gasteiger partial charge in [-0.2, -0.15) is 0 Å². The van der Waals surface area contributed by atoms with Gasteiger partial charge in [0, 0.05) is 19.9 Å². The molecule has 1 aromatic heterocycles. The van der Waals surface area contributed by atoms with Crippen LogP contribution in [0, 0.1) is 0 Å². The number of hydrazine groups is 1. The van der Waals surface area contributed by atoms with E-state index in [1.807, 2.05) is 30.0 Å². The summed E-state index contributed by atoms with van der Waals surface area (Å²) in [5.74, 6) is 6.21. The van der Waals surface area contributed by atoms with E-state index in [0.717, 1.165) is 12.2 Å². The van der Waals surface area contributed by atoms with Crippen LogP contribution in [0.2, 0.25) is 0 Å². The number of aromatic nitrogens is 1. The molecule has 0 saturated heterocycles. The van der Waals surface area contributed by atoms with Gasteiger partial charge in [0.25, 0.3) is 0 Å². The number of aliphatic imine (C=N–C) groups is 1. The molecule has 1 aromatic rings. The first-order chi connectivity index (χ1) is 9.21. The van der Waals surface area contributed by atoms with Crippen molar-refractivity contribution >= 4 is 5.96 Å². The molecular weight excluding hydrogens is 242 g/mol. The number of methoxy groups -OCH3 is 1. The minimum Gasteiger partial charge on any atom is -0.382 e. The summed E-state index contributed by atoms with van der Waals surface area (Å²) < 4.78 is 5.07. The summed E-state index contributed by atoms with van der Waals surface area (Å²) in [5, 5.41) is 0. The SMILES string of the molecule is CCN(Cc1ccccn1)C(=NC(C)COC)NN. The molecular formula is C13H23N5O.